The summed E-state index contributed by atoms with van der Waals surface area (Å²) in [6, 6.07) is 8.57. The van der Waals surface area contributed by atoms with Crippen molar-refractivity contribution in [3.8, 4) is 11.8 Å². The third kappa shape index (κ3) is 3.24. The second kappa shape index (κ2) is 6.42. The molecule has 0 radical (unpaired) electrons. The maximum absolute atomic E-state index is 8.44. The molecule has 0 aromatic heterocycles. The fourth-order valence-corrected chi connectivity index (χ4v) is 2.41. The van der Waals surface area contributed by atoms with Crippen molar-refractivity contribution >= 4 is 0 Å². The summed E-state index contributed by atoms with van der Waals surface area (Å²) in [5, 5.41) is 8.44. The van der Waals surface area contributed by atoms with Crippen LogP contribution in [0.15, 0.2) is 18.2 Å². The molecule has 0 bridgehead atoms. The lowest BCUT2D eigenvalue weighted by molar-refractivity contribution is 0.307. The molecule has 0 saturated carbocycles. The Morgan fingerprint density at radius 1 is 1.39 bits per heavy atom. The summed E-state index contributed by atoms with van der Waals surface area (Å²) in [7, 11) is 0. The second-order valence-electron chi connectivity index (χ2n) is 4.82. The first-order valence-electron chi connectivity index (χ1n) is 6.69. The van der Waals surface area contributed by atoms with Crippen molar-refractivity contribution in [3.63, 3.8) is 0 Å². The molecule has 1 unspecified atom stereocenters. The summed E-state index contributed by atoms with van der Waals surface area (Å²) < 4.78 is 5.70. The molecule has 1 atom stereocenters. The van der Waals surface area contributed by atoms with Crippen LogP contribution in [-0.2, 0) is 6.42 Å². The van der Waals surface area contributed by atoms with E-state index in [4.69, 9.17) is 15.7 Å². The number of nitriles is 1. The summed E-state index contributed by atoms with van der Waals surface area (Å²) in [6.07, 6.45) is 5.81. The van der Waals surface area contributed by atoms with E-state index < -0.39 is 0 Å². The van der Waals surface area contributed by atoms with Gasteiger partial charge in [-0.3, -0.25) is 0 Å². The predicted molar refractivity (Wildman–Crippen MR) is 71.3 cm³/mol. The van der Waals surface area contributed by atoms with Crippen molar-refractivity contribution in [3.05, 3.63) is 29.3 Å². The van der Waals surface area contributed by atoms with Crippen molar-refractivity contribution in [1.29, 1.82) is 5.26 Å². The Kier molecular flexibility index (Phi) is 4.60. The van der Waals surface area contributed by atoms with Crippen molar-refractivity contribution in [2.75, 3.05) is 6.61 Å². The molecule has 0 fully saturated rings. The molecule has 1 aromatic carbocycles. The summed E-state index contributed by atoms with van der Waals surface area (Å²) >= 11 is 0. The highest BCUT2D eigenvalue weighted by atomic mass is 16.5. The van der Waals surface area contributed by atoms with Gasteiger partial charge in [0.05, 0.1) is 12.7 Å². The molecule has 1 aromatic rings. The van der Waals surface area contributed by atoms with E-state index in [9.17, 15) is 0 Å². The van der Waals surface area contributed by atoms with E-state index in [-0.39, 0.29) is 6.04 Å². The molecule has 0 heterocycles. The summed E-state index contributed by atoms with van der Waals surface area (Å²) in [5.41, 5.74) is 8.69. The van der Waals surface area contributed by atoms with Gasteiger partial charge in [0.15, 0.2) is 0 Å². The molecule has 0 saturated heterocycles. The van der Waals surface area contributed by atoms with Crippen LogP contribution < -0.4 is 10.5 Å². The van der Waals surface area contributed by atoms with Gasteiger partial charge in [-0.05, 0) is 55.4 Å². The van der Waals surface area contributed by atoms with E-state index in [1.54, 1.807) is 0 Å². The largest absolute Gasteiger partial charge is 0.494 e. The average Bonchev–Trinajstić information content (AvgIpc) is 2.39. The van der Waals surface area contributed by atoms with Crippen LogP contribution in [0, 0.1) is 11.3 Å². The van der Waals surface area contributed by atoms with Crippen LogP contribution in [0.4, 0.5) is 0 Å². The zero-order valence-corrected chi connectivity index (χ0v) is 10.7. The van der Waals surface area contributed by atoms with Crippen LogP contribution in [0.5, 0.6) is 5.75 Å². The molecule has 3 heteroatoms. The third-order valence-electron chi connectivity index (χ3n) is 3.43. The molecule has 1 aliphatic carbocycles. The number of benzene rings is 1. The Morgan fingerprint density at radius 3 is 3.11 bits per heavy atom. The minimum Gasteiger partial charge on any atom is -0.494 e. The van der Waals surface area contributed by atoms with Crippen LogP contribution >= 0.6 is 0 Å². The normalized spacial score (nSPS) is 17.9. The van der Waals surface area contributed by atoms with Gasteiger partial charge in [-0.2, -0.15) is 5.26 Å². The van der Waals surface area contributed by atoms with E-state index in [0.717, 1.165) is 31.4 Å². The van der Waals surface area contributed by atoms with E-state index in [0.29, 0.717) is 13.0 Å². The van der Waals surface area contributed by atoms with E-state index in [1.165, 1.54) is 17.5 Å². The highest BCUT2D eigenvalue weighted by Gasteiger charge is 2.16. The summed E-state index contributed by atoms with van der Waals surface area (Å²) in [6.45, 7) is 0.687. The lowest BCUT2D eigenvalue weighted by Crippen LogP contribution is -2.17. The van der Waals surface area contributed by atoms with Crippen LogP contribution in [-0.4, -0.2) is 6.61 Å². The number of fused-ring (bicyclic) bond motifs is 1. The fourth-order valence-electron chi connectivity index (χ4n) is 2.41. The molecule has 96 valence electrons. The van der Waals surface area contributed by atoms with E-state index in [1.807, 2.05) is 6.07 Å². The van der Waals surface area contributed by atoms with Gasteiger partial charge in [-0.15, -0.1) is 0 Å². The Bertz CT molecular complexity index is 437. The van der Waals surface area contributed by atoms with Crippen LogP contribution in [0.1, 0.15) is 49.3 Å². The molecule has 18 heavy (non-hydrogen) atoms. The predicted octanol–water partition coefficient (Wildman–Crippen LogP) is 3.10. The number of nitrogens with zero attached hydrogens (tertiary/aromatic N) is 1. The Labute approximate surface area is 109 Å². The van der Waals surface area contributed by atoms with Crippen LogP contribution in [0.25, 0.3) is 0 Å². The number of nitrogens with two attached hydrogens (primary N) is 1. The number of rotatable bonds is 5. The molecular weight excluding hydrogens is 224 g/mol. The number of hydrogen-bond donors (Lipinski definition) is 1. The van der Waals surface area contributed by atoms with Gasteiger partial charge in [-0.25, -0.2) is 0 Å². The highest BCUT2D eigenvalue weighted by Crippen LogP contribution is 2.30. The zero-order valence-electron chi connectivity index (χ0n) is 10.7. The lowest BCUT2D eigenvalue weighted by atomic mass is 9.88. The molecule has 0 spiro atoms. The first-order chi connectivity index (χ1) is 8.81. The topological polar surface area (TPSA) is 59.0 Å². The number of hydrogen-bond acceptors (Lipinski definition) is 3. The first-order valence-corrected chi connectivity index (χ1v) is 6.69. The van der Waals surface area contributed by atoms with Crippen molar-refractivity contribution in [2.45, 2.75) is 44.6 Å². The number of ether oxygens (including phenoxy) is 1. The number of aryl methyl sites for hydroxylation is 1. The standard InChI is InChI=1S/C15H20N2O/c16-9-2-1-3-10-18-13-7-8-14-12(11-13)5-4-6-15(14)17/h7-8,11,15H,1-6,10,17H2. The molecule has 0 aliphatic heterocycles. The van der Waals surface area contributed by atoms with Gasteiger partial charge in [-0.1, -0.05) is 6.07 Å². The number of unbranched alkanes of at least 4 members (excludes halogenated alkanes) is 2. The Hall–Kier alpha value is -1.53. The molecule has 3 nitrogen and oxygen atoms in total. The quantitative estimate of drug-likeness (QED) is 0.810. The molecular formula is C15H20N2O. The van der Waals surface area contributed by atoms with Gasteiger partial charge >= 0.3 is 0 Å². The fraction of sp³-hybridized carbons (Fsp3) is 0.533. The van der Waals surface area contributed by atoms with Gasteiger partial charge in [0.1, 0.15) is 5.75 Å². The zero-order chi connectivity index (χ0) is 12.8. The van der Waals surface area contributed by atoms with Crippen molar-refractivity contribution in [1.82, 2.24) is 0 Å². The third-order valence-corrected chi connectivity index (χ3v) is 3.43. The highest BCUT2D eigenvalue weighted by molar-refractivity contribution is 5.38. The Morgan fingerprint density at radius 2 is 2.28 bits per heavy atom. The molecule has 2 rings (SSSR count). The molecule has 2 N–H and O–H groups in total. The SMILES string of the molecule is N#CCCCCOc1ccc2c(c1)CCCC2N. The van der Waals surface area contributed by atoms with Gasteiger partial charge in [0, 0.05) is 12.5 Å². The second-order valence-corrected chi connectivity index (χ2v) is 4.82. The first kappa shape index (κ1) is 12.9. The van der Waals surface area contributed by atoms with Crippen molar-refractivity contribution < 1.29 is 4.74 Å². The molecule has 0 amide bonds. The summed E-state index contributed by atoms with van der Waals surface area (Å²) in [4.78, 5) is 0. The van der Waals surface area contributed by atoms with Crippen LogP contribution in [0.3, 0.4) is 0 Å². The van der Waals surface area contributed by atoms with Gasteiger partial charge in [0.25, 0.3) is 0 Å². The summed E-state index contributed by atoms with van der Waals surface area (Å²) in [5.74, 6) is 0.930. The van der Waals surface area contributed by atoms with Gasteiger partial charge < -0.3 is 10.5 Å². The minimum atomic E-state index is 0.193. The molecule has 1 aliphatic rings. The smallest absolute Gasteiger partial charge is 0.119 e. The minimum absolute atomic E-state index is 0.193. The maximum Gasteiger partial charge on any atom is 0.119 e. The monoisotopic (exact) mass is 244 g/mol. The van der Waals surface area contributed by atoms with E-state index in [2.05, 4.69) is 18.2 Å². The van der Waals surface area contributed by atoms with Crippen molar-refractivity contribution in [2.24, 2.45) is 5.73 Å². The maximum atomic E-state index is 8.44. The van der Waals surface area contributed by atoms with Gasteiger partial charge in [0.2, 0.25) is 0 Å². The van der Waals surface area contributed by atoms with Crippen LogP contribution in [0.2, 0.25) is 0 Å². The lowest BCUT2D eigenvalue weighted by Gasteiger charge is -2.22. The van der Waals surface area contributed by atoms with E-state index >= 15 is 0 Å². The Balaban J connectivity index is 1.89. The average molecular weight is 244 g/mol.